The summed E-state index contributed by atoms with van der Waals surface area (Å²) in [6.07, 6.45) is 4.07. The van der Waals surface area contributed by atoms with Crippen molar-refractivity contribution >= 4 is 0 Å². The Hall–Kier alpha value is -2.07. The maximum atomic E-state index is 9.94. The third kappa shape index (κ3) is 2.38. The number of benzene rings is 1. The molecule has 0 saturated carbocycles. The molecule has 3 N–H and O–H groups in total. The number of pyridine rings is 1. The molecule has 1 aromatic heterocycles. The SMILES string of the molecule is CCCc1ccc2c(n1)CN[C@@H]1CCc3cc(O)c(O)cc3[C@@H]21. The lowest BCUT2D eigenvalue weighted by atomic mass is 9.73. The van der Waals surface area contributed by atoms with Crippen LogP contribution in [0.25, 0.3) is 0 Å². The zero-order valence-electron chi connectivity index (χ0n) is 13.3. The van der Waals surface area contributed by atoms with Crippen molar-refractivity contribution in [1.82, 2.24) is 10.3 Å². The van der Waals surface area contributed by atoms with Crippen LogP contribution in [0.1, 0.15) is 53.8 Å². The monoisotopic (exact) mass is 310 g/mol. The molecule has 120 valence electrons. The predicted molar refractivity (Wildman–Crippen MR) is 88.8 cm³/mol. The summed E-state index contributed by atoms with van der Waals surface area (Å²) in [4.78, 5) is 4.83. The molecular formula is C19H22N2O2. The van der Waals surface area contributed by atoms with Gasteiger partial charge in [0.25, 0.3) is 0 Å². The number of aryl methyl sites for hydroxylation is 2. The first-order valence-corrected chi connectivity index (χ1v) is 8.44. The average Bonchev–Trinajstić information content (AvgIpc) is 2.55. The number of hydrogen-bond acceptors (Lipinski definition) is 4. The number of aromatic nitrogens is 1. The molecule has 2 aliphatic rings. The van der Waals surface area contributed by atoms with E-state index in [0.717, 1.165) is 54.7 Å². The van der Waals surface area contributed by atoms with Crippen LogP contribution in [0.4, 0.5) is 0 Å². The molecule has 4 rings (SSSR count). The van der Waals surface area contributed by atoms with Crippen molar-refractivity contribution in [3.05, 3.63) is 52.3 Å². The van der Waals surface area contributed by atoms with Gasteiger partial charge in [-0.25, -0.2) is 0 Å². The minimum Gasteiger partial charge on any atom is -0.504 e. The van der Waals surface area contributed by atoms with Crippen LogP contribution in [0, 0.1) is 0 Å². The molecule has 2 aromatic rings. The van der Waals surface area contributed by atoms with Crippen LogP contribution in [0.5, 0.6) is 11.5 Å². The first-order valence-electron chi connectivity index (χ1n) is 8.44. The molecule has 0 spiro atoms. The van der Waals surface area contributed by atoms with Gasteiger partial charge in [-0.15, -0.1) is 0 Å². The molecule has 4 heteroatoms. The number of aromatic hydroxyl groups is 2. The molecule has 2 heterocycles. The lowest BCUT2D eigenvalue weighted by molar-refractivity contribution is 0.377. The van der Waals surface area contributed by atoms with Crippen LogP contribution < -0.4 is 5.32 Å². The molecule has 0 fully saturated rings. The summed E-state index contributed by atoms with van der Waals surface area (Å²) in [6, 6.07) is 8.17. The Bertz CT molecular complexity index is 757. The van der Waals surface area contributed by atoms with Crippen molar-refractivity contribution in [2.24, 2.45) is 0 Å². The Morgan fingerprint density at radius 2 is 2.00 bits per heavy atom. The van der Waals surface area contributed by atoms with Gasteiger partial charge in [-0.3, -0.25) is 4.98 Å². The van der Waals surface area contributed by atoms with E-state index in [0.29, 0.717) is 6.04 Å². The minimum atomic E-state index is -0.0351. The largest absolute Gasteiger partial charge is 0.504 e. The highest BCUT2D eigenvalue weighted by atomic mass is 16.3. The first kappa shape index (κ1) is 14.5. The number of nitrogens with zero attached hydrogens (tertiary/aromatic N) is 1. The van der Waals surface area contributed by atoms with Crippen LogP contribution in [-0.4, -0.2) is 21.2 Å². The molecule has 0 bridgehead atoms. The van der Waals surface area contributed by atoms with E-state index < -0.39 is 0 Å². The molecule has 1 aromatic carbocycles. The van der Waals surface area contributed by atoms with Crippen molar-refractivity contribution in [3.8, 4) is 11.5 Å². The van der Waals surface area contributed by atoms with Gasteiger partial charge in [-0.2, -0.15) is 0 Å². The third-order valence-corrected chi connectivity index (χ3v) is 5.14. The third-order valence-electron chi connectivity index (χ3n) is 5.14. The second-order valence-corrected chi connectivity index (χ2v) is 6.63. The molecule has 0 radical (unpaired) electrons. The summed E-state index contributed by atoms with van der Waals surface area (Å²) in [5.41, 5.74) is 5.79. The fourth-order valence-electron chi connectivity index (χ4n) is 4.05. The lowest BCUT2D eigenvalue weighted by Gasteiger charge is -2.39. The fraction of sp³-hybridized carbons (Fsp3) is 0.421. The highest BCUT2D eigenvalue weighted by molar-refractivity contribution is 5.52. The van der Waals surface area contributed by atoms with Gasteiger partial charge in [0.1, 0.15) is 0 Å². The number of fused-ring (bicyclic) bond motifs is 5. The average molecular weight is 310 g/mol. The smallest absolute Gasteiger partial charge is 0.157 e. The van der Waals surface area contributed by atoms with E-state index in [1.165, 1.54) is 5.56 Å². The minimum absolute atomic E-state index is 0.0254. The lowest BCUT2D eigenvalue weighted by Crippen LogP contribution is -2.43. The summed E-state index contributed by atoms with van der Waals surface area (Å²) in [5, 5.41) is 23.3. The van der Waals surface area contributed by atoms with E-state index in [9.17, 15) is 10.2 Å². The number of rotatable bonds is 2. The van der Waals surface area contributed by atoms with Crippen LogP contribution in [-0.2, 0) is 19.4 Å². The molecule has 2 atom stereocenters. The van der Waals surface area contributed by atoms with Gasteiger partial charge in [-0.1, -0.05) is 19.4 Å². The molecule has 23 heavy (non-hydrogen) atoms. The Morgan fingerprint density at radius 3 is 2.83 bits per heavy atom. The molecule has 4 nitrogen and oxygen atoms in total. The Morgan fingerprint density at radius 1 is 1.17 bits per heavy atom. The normalized spacial score (nSPS) is 22.1. The van der Waals surface area contributed by atoms with Crippen LogP contribution >= 0.6 is 0 Å². The highest BCUT2D eigenvalue weighted by Crippen LogP contribution is 2.43. The molecular weight excluding hydrogens is 288 g/mol. The summed E-state index contributed by atoms with van der Waals surface area (Å²) in [6.45, 7) is 2.98. The van der Waals surface area contributed by atoms with E-state index in [4.69, 9.17) is 4.98 Å². The first-order chi connectivity index (χ1) is 11.2. The zero-order valence-corrected chi connectivity index (χ0v) is 13.3. The predicted octanol–water partition coefficient (Wildman–Crippen LogP) is 3.00. The van der Waals surface area contributed by atoms with Crippen molar-refractivity contribution in [2.45, 2.75) is 51.1 Å². The highest BCUT2D eigenvalue weighted by Gasteiger charge is 2.36. The van der Waals surface area contributed by atoms with Gasteiger partial charge in [-0.05, 0) is 54.2 Å². The van der Waals surface area contributed by atoms with Crippen molar-refractivity contribution in [3.63, 3.8) is 0 Å². The van der Waals surface area contributed by atoms with E-state index in [1.54, 1.807) is 12.1 Å². The Kier molecular flexibility index (Phi) is 3.49. The van der Waals surface area contributed by atoms with Crippen LogP contribution in [0.2, 0.25) is 0 Å². The second-order valence-electron chi connectivity index (χ2n) is 6.63. The maximum absolute atomic E-state index is 9.94. The molecule has 1 aliphatic carbocycles. The number of hydrogen-bond donors (Lipinski definition) is 3. The number of phenols is 2. The van der Waals surface area contributed by atoms with Crippen LogP contribution in [0.3, 0.4) is 0 Å². The van der Waals surface area contributed by atoms with Crippen molar-refractivity contribution < 1.29 is 10.2 Å². The van der Waals surface area contributed by atoms with Gasteiger partial charge in [0.2, 0.25) is 0 Å². The quantitative estimate of drug-likeness (QED) is 0.746. The molecule has 1 aliphatic heterocycles. The van der Waals surface area contributed by atoms with Crippen LogP contribution in [0.15, 0.2) is 24.3 Å². The fourth-order valence-corrected chi connectivity index (χ4v) is 4.05. The Labute approximate surface area is 136 Å². The molecule has 0 amide bonds. The Balaban J connectivity index is 1.82. The second kappa shape index (κ2) is 5.53. The van der Waals surface area contributed by atoms with Gasteiger partial charge >= 0.3 is 0 Å². The summed E-state index contributed by atoms with van der Waals surface area (Å²) in [5.74, 6) is 0.145. The van der Waals surface area contributed by atoms with E-state index in [2.05, 4.69) is 24.4 Å². The van der Waals surface area contributed by atoms with Gasteiger partial charge in [0, 0.05) is 24.2 Å². The van der Waals surface area contributed by atoms with E-state index in [-0.39, 0.29) is 17.4 Å². The summed E-state index contributed by atoms with van der Waals surface area (Å²) in [7, 11) is 0. The summed E-state index contributed by atoms with van der Waals surface area (Å²) >= 11 is 0. The van der Waals surface area contributed by atoms with Crippen molar-refractivity contribution in [1.29, 1.82) is 0 Å². The van der Waals surface area contributed by atoms with Gasteiger partial charge in [0.05, 0.1) is 5.69 Å². The van der Waals surface area contributed by atoms with Gasteiger partial charge < -0.3 is 15.5 Å². The van der Waals surface area contributed by atoms with Crippen molar-refractivity contribution in [2.75, 3.05) is 0 Å². The number of phenolic OH excluding ortho intramolecular Hbond substituents is 2. The standard InChI is InChI=1S/C19H22N2O2/c1-2-3-12-5-6-13-16(21-12)10-20-15-7-4-11-8-17(22)18(23)9-14(11)19(13)15/h5-6,8-9,15,19-20,22-23H,2-4,7,10H2,1H3/t15-,19-/m1/s1. The maximum Gasteiger partial charge on any atom is 0.157 e. The molecule has 0 unspecified atom stereocenters. The molecule has 0 saturated heterocycles. The zero-order chi connectivity index (χ0) is 16.0. The topological polar surface area (TPSA) is 65.4 Å². The number of nitrogens with one attached hydrogen (secondary N) is 1. The van der Waals surface area contributed by atoms with Gasteiger partial charge in [0.15, 0.2) is 11.5 Å². The van der Waals surface area contributed by atoms with E-state index >= 15 is 0 Å². The van der Waals surface area contributed by atoms with E-state index in [1.807, 2.05) is 0 Å². The summed E-state index contributed by atoms with van der Waals surface area (Å²) < 4.78 is 0.